The Bertz CT molecular complexity index is 445. The van der Waals surface area contributed by atoms with Crippen molar-refractivity contribution in [2.75, 3.05) is 0 Å². The number of hydrogen-bond acceptors (Lipinski definition) is 1. The van der Waals surface area contributed by atoms with E-state index in [4.69, 9.17) is 0 Å². The summed E-state index contributed by atoms with van der Waals surface area (Å²) in [6.45, 7) is 1.88. The van der Waals surface area contributed by atoms with Gasteiger partial charge in [-0.25, -0.2) is 4.39 Å². The first kappa shape index (κ1) is 8.63. The Morgan fingerprint density at radius 2 is 2.00 bits per heavy atom. The summed E-state index contributed by atoms with van der Waals surface area (Å²) < 4.78 is 26.8. The van der Waals surface area contributed by atoms with Crippen LogP contribution < -0.4 is 0 Å². The van der Waals surface area contributed by atoms with E-state index in [1.165, 1.54) is 12.1 Å². The number of fused-ring (bicyclic) bond motifs is 1. The van der Waals surface area contributed by atoms with E-state index in [-0.39, 0.29) is 10.9 Å². The lowest BCUT2D eigenvalue weighted by atomic mass is 10.1. The third-order valence-electron chi connectivity index (χ3n) is 2.04. The zero-order chi connectivity index (χ0) is 9.42. The number of halogens is 2. The van der Waals surface area contributed by atoms with Crippen molar-refractivity contribution in [3.8, 4) is 0 Å². The molecule has 1 aromatic heterocycles. The van der Waals surface area contributed by atoms with Gasteiger partial charge < -0.3 is 0 Å². The van der Waals surface area contributed by atoms with Crippen LogP contribution in [0.15, 0.2) is 18.2 Å². The maximum absolute atomic E-state index is 13.2. The highest BCUT2D eigenvalue weighted by Crippen LogP contribution is 2.27. The summed E-state index contributed by atoms with van der Waals surface area (Å²) in [5, 5.41) is 0.389. The van der Waals surface area contributed by atoms with Crippen LogP contribution in [-0.2, 0) is 6.42 Å². The molecule has 0 N–H and O–H groups in total. The van der Waals surface area contributed by atoms with E-state index in [2.05, 4.69) is 0 Å². The Morgan fingerprint density at radius 3 is 2.69 bits per heavy atom. The first-order valence-corrected chi connectivity index (χ1v) is 4.90. The molecule has 0 nitrogen and oxygen atoms in total. The molecular weight excluding hydrogens is 190 g/mol. The average molecular weight is 198 g/mol. The maximum Gasteiger partial charge on any atom is 0.177 e. The Morgan fingerprint density at radius 1 is 1.23 bits per heavy atom. The Kier molecular flexibility index (Phi) is 2.04. The molecule has 0 unspecified atom stereocenters. The van der Waals surface area contributed by atoms with Crippen molar-refractivity contribution in [3.05, 3.63) is 34.7 Å². The molecule has 0 aliphatic rings. The highest BCUT2D eigenvalue weighted by Gasteiger charge is 2.06. The average Bonchev–Trinajstić information content (AvgIpc) is 2.42. The van der Waals surface area contributed by atoms with Crippen molar-refractivity contribution < 1.29 is 8.78 Å². The number of thiophene rings is 1. The molecule has 0 radical (unpaired) electrons. The van der Waals surface area contributed by atoms with Gasteiger partial charge in [-0.3, -0.25) is 0 Å². The van der Waals surface area contributed by atoms with Gasteiger partial charge in [-0.15, -0.1) is 11.3 Å². The smallest absolute Gasteiger partial charge is 0.177 e. The molecule has 1 aromatic carbocycles. The molecule has 2 aromatic rings. The quantitative estimate of drug-likeness (QED) is 0.654. The molecule has 0 fully saturated rings. The zero-order valence-electron chi connectivity index (χ0n) is 7.10. The minimum absolute atomic E-state index is 0.243. The molecule has 0 bridgehead atoms. The number of hydrogen-bond donors (Lipinski definition) is 0. The van der Waals surface area contributed by atoms with Gasteiger partial charge in [0.2, 0.25) is 0 Å². The second kappa shape index (κ2) is 3.07. The van der Waals surface area contributed by atoms with Crippen LogP contribution in [0.2, 0.25) is 0 Å². The molecule has 0 atom stereocenters. The van der Waals surface area contributed by atoms with Crippen molar-refractivity contribution in [3.63, 3.8) is 0 Å². The van der Waals surface area contributed by atoms with Crippen LogP contribution in [0, 0.1) is 10.9 Å². The third kappa shape index (κ3) is 1.44. The Hall–Kier alpha value is -0.960. The summed E-state index contributed by atoms with van der Waals surface area (Å²) in [5.74, 6) is -0.243. The largest absolute Gasteiger partial charge is 0.207 e. The first-order chi connectivity index (χ1) is 6.20. The van der Waals surface area contributed by atoms with Crippen LogP contribution in [-0.4, -0.2) is 0 Å². The van der Waals surface area contributed by atoms with Gasteiger partial charge in [0.15, 0.2) is 5.13 Å². The highest BCUT2D eigenvalue weighted by atomic mass is 32.1. The van der Waals surface area contributed by atoms with E-state index >= 15 is 0 Å². The van der Waals surface area contributed by atoms with Gasteiger partial charge >= 0.3 is 0 Å². The second-order valence-corrected chi connectivity index (χ2v) is 3.92. The van der Waals surface area contributed by atoms with Crippen molar-refractivity contribution in [1.29, 1.82) is 0 Å². The van der Waals surface area contributed by atoms with E-state index in [0.29, 0.717) is 17.4 Å². The van der Waals surface area contributed by atoms with Gasteiger partial charge in [-0.05, 0) is 35.6 Å². The van der Waals surface area contributed by atoms with Gasteiger partial charge in [-0.2, -0.15) is 4.39 Å². The van der Waals surface area contributed by atoms with Crippen LogP contribution >= 0.6 is 11.3 Å². The molecule has 0 spiro atoms. The van der Waals surface area contributed by atoms with Gasteiger partial charge in [0.25, 0.3) is 0 Å². The molecule has 2 rings (SSSR count). The summed E-state index contributed by atoms with van der Waals surface area (Å²) in [5.41, 5.74) is 0.648. The predicted molar refractivity (Wildman–Crippen MR) is 51.1 cm³/mol. The third-order valence-corrected chi connectivity index (χ3v) is 2.92. The SMILES string of the molecule is CCc1cc2sc(F)cc2cc1F. The molecule has 0 saturated heterocycles. The van der Waals surface area contributed by atoms with E-state index < -0.39 is 0 Å². The normalized spacial score (nSPS) is 11.0. The fraction of sp³-hybridized carbons (Fsp3) is 0.200. The lowest BCUT2D eigenvalue weighted by Crippen LogP contribution is -1.85. The van der Waals surface area contributed by atoms with Crippen LogP contribution in [0.25, 0.3) is 10.1 Å². The van der Waals surface area contributed by atoms with Crippen molar-refractivity contribution in [2.45, 2.75) is 13.3 Å². The summed E-state index contributed by atoms with van der Waals surface area (Å²) in [4.78, 5) is 0. The van der Waals surface area contributed by atoms with Crippen LogP contribution in [0.1, 0.15) is 12.5 Å². The zero-order valence-corrected chi connectivity index (χ0v) is 7.92. The molecule has 13 heavy (non-hydrogen) atoms. The lowest BCUT2D eigenvalue weighted by molar-refractivity contribution is 0.614. The van der Waals surface area contributed by atoms with Crippen molar-refractivity contribution in [1.82, 2.24) is 0 Å². The topological polar surface area (TPSA) is 0 Å². The summed E-state index contributed by atoms with van der Waals surface area (Å²) in [6.07, 6.45) is 0.640. The molecule has 3 heteroatoms. The fourth-order valence-corrected chi connectivity index (χ4v) is 2.17. The van der Waals surface area contributed by atoms with Gasteiger partial charge in [-0.1, -0.05) is 6.92 Å². The van der Waals surface area contributed by atoms with E-state index in [0.717, 1.165) is 16.0 Å². The van der Waals surface area contributed by atoms with Crippen molar-refractivity contribution in [2.24, 2.45) is 0 Å². The standard InChI is InChI=1S/C10H8F2S/c1-2-6-4-9-7(3-8(6)11)5-10(12)13-9/h3-5H,2H2,1H3. The molecule has 0 aliphatic heterocycles. The van der Waals surface area contributed by atoms with Crippen LogP contribution in [0.3, 0.4) is 0 Å². The first-order valence-electron chi connectivity index (χ1n) is 4.08. The molecule has 0 saturated carbocycles. The molecule has 1 heterocycles. The van der Waals surface area contributed by atoms with E-state index in [1.54, 1.807) is 6.07 Å². The summed E-state index contributed by atoms with van der Waals surface area (Å²) in [6, 6.07) is 4.48. The van der Waals surface area contributed by atoms with Crippen LogP contribution in [0.5, 0.6) is 0 Å². The van der Waals surface area contributed by atoms with E-state index in [9.17, 15) is 8.78 Å². The van der Waals surface area contributed by atoms with Gasteiger partial charge in [0.1, 0.15) is 5.82 Å². The Balaban J connectivity index is 2.72. The second-order valence-electron chi connectivity index (χ2n) is 2.89. The maximum atomic E-state index is 13.2. The minimum atomic E-state index is -0.261. The predicted octanol–water partition coefficient (Wildman–Crippen LogP) is 3.74. The number of aryl methyl sites for hydroxylation is 1. The monoisotopic (exact) mass is 198 g/mol. The fourth-order valence-electron chi connectivity index (χ4n) is 1.34. The van der Waals surface area contributed by atoms with Crippen LogP contribution in [0.4, 0.5) is 8.78 Å². The highest BCUT2D eigenvalue weighted by molar-refractivity contribution is 7.17. The molecule has 0 amide bonds. The Labute approximate surface area is 78.8 Å². The van der Waals surface area contributed by atoms with Gasteiger partial charge in [0, 0.05) is 4.70 Å². The molecule has 68 valence electrons. The van der Waals surface area contributed by atoms with Gasteiger partial charge in [0.05, 0.1) is 0 Å². The number of rotatable bonds is 1. The van der Waals surface area contributed by atoms with E-state index in [1.807, 2.05) is 6.92 Å². The summed E-state index contributed by atoms with van der Waals surface area (Å²) >= 11 is 1.06. The number of benzene rings is 1. The summed E-state index contributed by atoms with van der Waals surface area (Å²) in [7, 11) is 0. The van der Waals surface area contributed by atoms with Crippen molar-refractivity contribution >= 4 is 21.4 Å². The minimum Gasteiger partial charge on any atom is -0.207 e. The lowest BCUT2D eigenvalue weighted by Gasteiger charge is -1.98. The molecule has 0 aliphatic carbocycles. The molecular formula is C10H8F2S.